The van der Waals surface area contributed by atoms with Gasteiger partial charge in [0.25, 0.3) is 0 Å². The van der Waals surface area contributed by atoms with Gasteiger partial charge in [0.1, 0.15) is 11.5 Å². The molecule has 0 fully saturated rings. The molecular formula is C61H45N3O. The van der Waals surface area contributed by atoms with Crippen LogP contribution in [0.25, 0.3) is 56.3 Å². The van der Waals surface area contributed by atoms with E-state index >= 15 is 0 Å². The maximum Gasteiger partial charge on any atom is 0.161 e. The van der Waals surface area contributed by atoms with Crippen molar-refractivity contribution in [2.75, 3.05) is 0 Å². The molecule has 0 amide bonds. The van der Waals surface area contributed by atoms with Gasteiger partial charge in [-0.2, -0.15) is 0 Å². The average molecular weight is 836 g/mol. The molecule has 4 heteroatoms. The zero-order chi connectivity index (χ0) is 43.9. The second-order valence-corrected chi connectivity index (χ2v) is 16.7. The summed E-state index contributed by atoms with van der Waals surface area (Å²) in [4.78, 5) is 16.0. The number of hydrogen-bond acceptors (Lipinski definition) is 4. The molecule has 1 aliphatic heterocycles. The molecular weight excluding hydrogens is 791 g/mol. The van der Waals surface area contributed by atoms with Crippen LogP contribution in [0.5, 0.6) is 11.5 Å². The Labute approximate surface area is 380 Å². The van der Waals surface area contributed by atoms with Crippen molar-refractivity contribution in [3.05, 3.63) is 263 Å². The van der Waals surface area contributed by atoms with Gasteiger partial charge in [0, 0.05) is 38.9 Å². The van der Waals surface area contributed by atoms with Gasteiger partial charge in [-0.15, -0.1) is 0 Å². The van der Waals surface area contributed by atoms with Crippen LogP contribution in [0.4, 0.5) is 0 Å². The highest BCUT2D eigenvalue weighted by Gasteiger charge is 2.52. The third-order valence-electron chi connectivity index (χ3n) is 12.8. The van der Waals surface area contributed by atoms with E-state index in [1.54, 1.807) is 0 Å². The molecule has 8 aromatic carbocycles. The highest BCUT2D eigenvalue weighted by atomic mass is 16.5. The van der Waals surface area contributed by atoms with Crippen LogP contribution in [-0.4, -0.2) is 15.7 Å². The predicted molar refractivity (Wildman–Crippen MR) is 267 cm³/mol. The average Bonchev–Trinajstić information content (AvgIpc) is 3.65. The number of nitrogens with zero attached hydrogens (tertiary/aromatic N) is 3. The number of aliphatic imine (C=N–C) groups is 1. The van der Waals surface area contributed by atoms with Crippen molar-refractivity contribution in [3.63, 3.8) is 0 Å². The number of rotatable bonds is 9. The van der Waals surface area contributed by atoms with Crippen molar-refractivity contribution < 1.29 is 4.74 Å². The molecule has 0 N–H and O–H groups in total. The monoisotopic (exact) mass is 835 g/mol. The highest BCUT2D eigenvalue weighted by molar-refractivity contribution is 6.14. The van der Waals surface area contributed by atoms with Crippen LogP contribution in [0.15, 0.2) is 224 Å². The molecule has 11 rings (SSSR count). The van der Waals surface area contributed by atoms with Crippen LogP contribution in [0.1, 0.15) is 57.9 Å². The second-order valence-electron chi connectivity index (χ2n) is 16.7. The molecule has 1 unspecified atom stereocenters. The van der Waals surface area contributed by atoms with Gasteiger partial charge >= 0.3 is 0 Å². The van der Waals surface area contributed by atoms with Crippen LogP contribution in [0.3, 0.4) is 0 Å². The molecule has 0 radical (unpaired) electrons. The number of para-hydroxylation sites is 1. The lowest BCUT2D eigenvalue weighted by Crippen LogP contribution is -2.32. The number of aryl methyl sites for hydroxylation is 1. The van der Waals surface area contributed by atoms with Crippen molar-refractivity contribution in [2.24, 2.45) is 4.99 Å². The fourth-order valence-corrected chi connectivity index (χ4v) is 9.77. The predicted octanol–water partition coefficient (Wildman–Crippen LogP) is 15.2. The van der Waals surface area contributed by atoms with E-state index in [0.717, 1.165) is 90.7 Å². The van der Waals surface area contributed by atoms with E-state index in [1.165, 1.54) is 22.3 Å². The summed E-state index contributed by atoms with van der Waals surface area (Å²) in [5.41, 5.74) is 17.9. The van der Waals surface area contributed by atoms with Gasteiger partial charge in [-0.25, -0.2) is 15.0 Å². The molecule has 2 heterocycles. The van der Waals surface area contributed by atoms with E-state index in [2.05, 4.69) is 215 Å². The molecule has 1 aromatic heterocycles. The third kappa shape index (κ3) is 6.91. The number of benzene rings is 8. The van der Waals surface area contributed by atoms with E-state index in [-0.39, 0.29) is 0 Å². The van der Waals surface area contributed by atoms with Crippen LogP contribution in [0.2, 0.25) is 0 Å². The summed E-state index contributed by atoms with van der Waals surface area (Å²) in [6.07, 6.45) is 3.06. The van der Waals surface area contributed by atoms with Crippen molar-refractivity contribution in [1.82, 2.24) is 9.97 Å². The molecule has 9 aromatic rings. The lowest BCUT2D eigenvalue weighted by Gasteiger charge is -2.39. The first-order chi connectivity index (χ1) is 32.0. The Hall–Kier alpha value is -8.21. The SMILES string of the molecule is C=C(N=C(/C=C(\CC)c1ccccc1)c1ccccc1)c1ccc2c(c1)Oc1ccccc1C21c2cc(C)ccc2-c2c(-c3nc(-c4ccccc4)cc(-c4ccccc4)n3)cccc21. The summed E-state index contributed by atoms with van der Waals surface area (Å²) >= 11 is 0. The first kappa shape index (κ1) is 39.6. The van der Waals surface area contributed by atoms with E-state index in [4.69, 9.17) is 19.7 Å². The van der Waals surface area contributed by atoms with Crippen LogP contribution < -0.4 is 4.74 Å². The Kier molecular flexibility index (Phi) is 10.1. The minimum absolute atomic E-state index is 0.651. The molecule has 1 spiro atoms. The smallest absolute Gasteiger partial charge is 0.161 e. The summed E-state index contributed by atoms with van der Waals surface area (Å²) in [5.74, 6) is 2.26. The number of hydrogen-bond donors (Lipinski definition) is 0. The number of fused-ring (bicyclic) bond motifs is 9. The first-order valence-corrected chi connectivity index (χ1v) is 22.3. The Bertz CT molecular complexity index is 3280. The summed E-state index contributed by atoms with van der Waals surface area (Å²) in [6.45, 7) is 8.94. The van der Waals surface area contributed by atoms with E-state index in [0.29, 0.717) is 11.5 Å². The number of ether oxygens (including phenoxy) is 1. The maximum absolute atomic E-state index is 6.96. The van der Waals surface area contributed by atoms with Crippen LogP contribution >= 0.6 is 0 Å². The Morgan fingerprint density at radius 3 is 1.82 bits per heavy atom. The standard InChI is InChI=1S/C61H45N3O/c1-4-42(43-20-9-5-10-21-43)37-54(44-22-11-6-12-23-44)62-41(3)47-33-35-51-58(38-47)65-57-31-18-17-29-50(57)61(51)52-30-19-28-49(59(52)48-34-32-40(2)36-53(48)61)60-63-55(45-24-13-7-14-25-45)39-56(64-60)46-26-15-8-16-27-46/h5-39H,3-4H2,1-2H3/b42-37+,62-54?. The molecule has 1 atom stereocenters. The van der Waals surface area contributed by atoms with Gasteiger partial charge < -0.3 is 4.74 Å². The van der Waals surface area contributed by atoms with Crippen LogP contribution in [-0.2, 0) is 5.41 Å². The fraction of sp³-hybridized carbons (Fsp3) is 0.0656. The van der Waals surface area contributed by atoms with Gasteiger partial charge in [0.05, 0.1) is 28.2 Å². The van der Waals surface area contributed by atoms with Gasteiger partial charge in [0.15, 0.2) is 5.82 Å². The first-order valence-electron chi connectivity index (χ1n) is 22.3. The number of allylic oxidation sites excluding steroid dienone is 2. The summed E-state index contributed by atoms with van der Waals surface area (Å²) in [5, 5.41) is 0. The summed E-state index contributed by atoms with van der Waals surface area (Å²) in [7, 11) is 0. The summed E-state index contributed by atoms with van der Waals surface area (Å²) in [6, 6.07) is 72.2. The largest absolute Gasteiger partial charge is 0.457 e. The van der Waals surface area contributed by atoms with Gasteiger partial charge in [-0.05, 0) is 71.0 Å². The van der Waals surface area contributed by atoms with Crippen molar-refractivity contribution in [1.29, 1.82) is 0 Å². The minimum atomic E-state index is -0.705. The quantitative estimate of drug-likeness (QED) is 0.136. The van der Waals surface area contributed by atoms with Crippen LogP contribution in [0, 0.1) is 6.92 Å². The zero-order valence-electron chi connectivity index (χ0n) is 36.4. The molecule has 310 valence electrons. The minimum Gasteiger partial charge on any atom is -0.457 e. The molecule has 0 saturated carbocycles. The topological polar surface area (TPSA) is 47.4 Å². The Morgan fingerprint density at radius 1 is 0.538 bits per heavy atom. The van der Waals surface area contributed by atoms with Crippen molar-refractivity contribution in [2.45, 2.75) is 25.7 Å². The second kappa shape index (κ2) is 16.5. The van der Waals surface area contributed by atoms with Gasteiger partial charge in [-0.3, -0.25) is 0 Å². The zero-order valence-corrected chi connectivity index (χ0v) is 36.4. The van der Waals surface area contributed by atoms with E-state index in [9.17, 15) is 0 Å². The Morgan fingerprint density at radius 2 is 1.14 bits per heavy atom. The molecule has 1 aliphatic carbocycles. The lowest BCUT2D eigenvalue weighted by atomic mass is 9.65. The van der Waals surface area contributed by atoms with Crippen molar-refractivity contribution in [3.8, 4) is 56.5 Å². The van der Waals surface area contributed by atoms with Gasteiger partial charge in [-0.1, -0.05) is 207 Å². The number of aromatic nitrogens is 2. The Balaban J connectivity index is 1.10. The molecule has 2 aliphatic rings. The van der Waals surface area contributed by atoms with Gasteiger partial charge in [0.2, 0.25) is 0 Å². The van der Waals surface area contributed by atoms with E-state index in [1.807, 2.05) is 18.2 Å². The third-order valence-corrected chi connectivity index (χ3v) is 12.8. The normalized spacial score (nSPS) is 14.8. The fourth-order valence-electron chi connectivity index (χ4n) is 9.77. The molecule has 0 bridgehead atoms. The molecule has 65 heavy (non-hydrogen) atoms. The molecule has 4 nitrogen and oxygen atoms in total. The van der Waals surface area contributed by atoms with Crippen molar-refractivity contribution >= 4 is 17.0 Å². The lowest BCUT2D eigenvalue weighted by molar-refractivity contribution is 0.436. The molecule has 0 saturated heterocycles. The summed E-state index contributed by atoms with van der Waals surface area (Å²) < 4.78 is 6.96. The van der Waals surface area contributed by atoms with E-state index < -0.39 is 5.41 Å². The highest BCUT2D eigenvalue weighted by Crippen LogP contribution is 2.63. The maximum atomic E-state index is 6.96.